The summed E-state index contributed by atoms with van der Waals surface area (Å²) in [6.07, 6.45) is 0. The third-order valence-electron chi connectivity index (χ3n) is 4.41. The van der Waals surface area contributed by atoms with E-state index in [-0.39, 0.29) is 12.5 Å². The number of carbonyl (C=O) groups excluding carboxylic acids is 1. The van der Waals surface area contributed by atoms with Crippen LogP contribution in [0.25, 0.3) is 0 Å². The van der Waals surface area contributed by atoms with Crippen LogP contribution in [0.15, 0.2) is 42.5 Å². The van der Waals surface area contributed by atoms with Gasteiger partial charge in [0.05, 0.1) is 10.0 Å². The van der Waals surface area contributed by atoms with Crippen molar-refractivity contribution in [2.75, 3.05) is 50.1 Å². The third kappa shape index (κ3) is 4.54. The second kappa shape index (κ2) is 8.52. The van der Waals surface area contributed by atoms with Gasteiger partial charge in [0, 0.05) is 44.6 Å². The van der Waals surface area contributed by atoms with E-state index >= 15 is 0 Å². The maximum Gasteiger partial charge on any atom is 0.260 e. The first-order chi connectivity index (χ1) is 12.6. The van der Waals surface area contributed by atoms with E-state index in [4.69, 9.17) is 27.9 Å². The molecule has 0 atom stereocenters. The van der Waals surface area contributed by atoms with Crippen LogP contribution in [0.1, 0.15) is 0 Å². The Balaban J connectivity index is 1.49. The number of hydrogen-bond acceptors (Lipinski definition) is 4. The number of carbonyl (C=O) groups is 1. The van der Waals surface area contributed by atoms with Gasteiger partial charge in [-0.15, -0.1) is 0 Å². The summed E-state index contributed by atoms with van der Waals surface area (Å²) < 4.78 is 5.60. The zero-order valence-corrected chi connectivity index (χ0v) is 16.1. The van der Waals surface area contributed by atoms with Crippen molar-refractivity contribution < 1.29 is 9.53 Å². The number of benzene rings is 2. The molecule has 0 aliphatic carbocycles. The predicted molar refractivity (Wildman–Crippen MR) is 107 cm³/mol. The van der Waals surface area contributed by atoms with E-state index in [1.807, 2.05) is 48.3 Å². The monoisotopic (exact) mass is 393 g/mol. The van der Waals surface area contributed by atoms with E-state index in [2.05, 4.69) is 10.2 Å². The Morgan fingerprint density at radius 3 is 2.35 bits per heavy atom. The molecule has 0 unspecified atom stereocenters. The van der Waals surface area contributed by atoms with Crippen molar-refractivity contribution in [3.8, 4) is 5.75 Å². The molecule has 1 heterocycles. The molecule has 1 amide bonds. The van der Waals surface area contributed by atoms with Gasteiger partial charge in [-0.1, -0.05) is 23.2 Å². The Hall–Kier alpha value is -2.11. The van der Waals surface area contributed by atoms with Crippen LogP contribution >= 0.6 is 23.2 Å². The second-order valence-corrected chi connectivity index (χ2v) is 6.84. The van der Waals surface area contributed by atoms with Gasteiger partial charge in [-0.25, -0.2) is 0 Å². The number of anilines is 2. The highest BCUT2D eigenvalue weighted by molar-refractivity contribution is 6.42. The molecule has 1 fully saturated rings. The highest BCUT2D eigenvalue weighted by Crippen LogP contribution is 2.27. The Labute approximate surface area is 163 Å². The minimum atomic E-state index is -0.00326. The maximum absolute atomic E-state index is 12.4. The number of piperazine rings is 1. The summed E-state index contributed by atoms with van der Waals surface area (Å²) in [5.74, 6) is 0.684. The average molecular weight is 394 g/mol. The predicted octanol–water partition coefficient (Wildman–Crippen LogP) is 3.76. The molecule has 0 bridgehead atoms. The fourth-order valence-electron chi connectivity index (χ4n) is 2.85. The van der Waals surface area contributed by atoms with Crippen molar-refractivity contribution in [2.24, 2.45) is 0 Å². The summed E-state index contributed by atoms with van der Waals surface area (Å²) in [7, 11) is 1.86. The summed E-state index contributed by atoms with van der Waals surface area (Å²) in [6, 6.07) is 13.1. The first-order valence-electron chi connectivity index (χ1n) is 8.45. The molecule has 0 aromatic heterocycles. The van der Waals surface area contributed by atoms with Crippen molar-refractivity contribution in [3.63, 3.8) is 0 Å². The van der Waals surface area contributed by atoms with Crippen LogP contribution < -0.4 is 15.0 Å². The minimum Gasteiger partial charge on any atom is -0.484 e. The Morgan fingerprint density at radius 2 is 1.73 bits per heavy atom. The zero-order chi connectivity index (χ0) is 18.5. The molecule has 2 aromatic rings. The lowest BCUT2D eigenvalue weighted by Crippen LogP contribution is -2.50. The quantitative estimate of drug-likeness (QED) is 0.839. The van der Waals surface area contributed by atoms with Crippen molar-refractivity contribution in [3.05, 3.63) is 52.5 Å². The van der Waals surface area contributed by atoms with E-state index in [0.717, 1.165) is 24.5 Å². The lowest BCUT2D eigenvalue weighted by Gasteiger charge is -2.36. The summed E-state index contributed by atoms with van der Waals surface area (Å²) in [5.41, 5.74) is 2.02. The molecular weight excluding hydrogens is 373 g/mol. The van der Waals surface area contributed by atoms with Crippen molar-refractivity contribution >= 4 is 40.5 Å². The molecule has 1 saturated heterocycles. The lowest BCUT2D eigenvalue weighted by molar-refractivity contribution is -0.133. The fraction of sp³-hybridized carbons (Fsp3) is 0.316. The summed E-state index contributed by atoms with van der Waals surface area (Å²) in [6.45, 7) is 2.86. The van der Waals surface area contributed by atoms with E-state index in [1.54, 1.807) is 6.07 Å². The number of amides is 1. The van der Waals surface area contributed by atoms with Crippen LogP contribution in [0.5, 0.6) is 5.75 Å². The summed E-state index contributed by atoms with van der Waals surface area (Å²) >= 11 is 12.1. The lowest BCUT2D eigenvalue weighted by atomic mass is 10.2. The van der Waals surface area contributed by atoms with Gasteiger partial charge in [-0.3, -0.25) is 4.79 Å². The molecule has 1 N–H and O–H groups in total. The van der Waals surface area contributed by atoms with Crippen LogP contribution in [-0.4, -0.2) is 50.6 Å². The molecule has 138 valence electrons. The molecule has 7 heteroatoms. The number of halogens is 2. The second-order valence-electron chi connectivity index (χ2n) is 6.03. The smallest absolute Gasteiger partial charge is 0.260 e. The van der Waals surface area contributed by atoms with Gasteiger partial charge in [-0.05, 0) is 42.5 Å². The molecule has 5 nitrogen and oxygen atoms in total. The Kier molecular flexibility index (Phi) is 6.12. The molecule has 2 aromatic carbocycles. The third-order valence-corrected chi connectivity index (χ3v) is 5.15. The van der Waals surface area contributed by atoms with E-state index < -0.39 is 0 Å². The topological polar surface area (TPSA) is 44.8 Å². The Morgan fingerprint density at radius 1 is 1.04 bits per heavy atom. The summed E-state index contributed by atoms with van der Waals surface area (Å²) in [5, 5.41) is 4.13. The van der Waals surface area contributed by atoms with Gasteiger partial charge in [0.1, 0.15) is 5.75 Å². The maximum atomic E-state index is 12.4. The largest absolute Gasteiger partial charge is 0.484 e. The number of nitrogens with one attached hydrogen (secondary N) is 1. The highest BCUT2D eigenvalue weighted by Gasteiger charge is 2.22. The molecule has 1 aliphatic heterocycles. The van der Waals surface area contributed by atoms with Gasteiger partial charge in [-0.2, -0.15) is 0 Å². The van der Waals surface area contributed by atoms with Crippen LogP contribution in [0.3, 0.4) is 0 Å². The van der Waals surface area contributed by atoms with Crippen LogP contribution in [0.4, 0.5) is 11.4 Å². The molecule has 0 spiro atoms. The van der Waals surface area contributed by atoms with Gasteiger partial charge in [0.2, 0.25) is 0 Å². The Bertz CT molecular complexity index is 760. The standard InChI is InChI=1S/C19H21Cl2N3O2/c1-22-14-2-5-16(6-3-14)26-13-19(25)24-10-8-23(9-11-24)15-4-7-17(20)18(21)12-15/h2-7,12,22H,8-11,13H2,1H3. The van der Waals surface area contributed by atoms with Gasteiger partial charge in [0.15, 0.2) is 6.61 Å². The van der Waals surface area contributed by atoms with Crippen LogP contribution in [-0.2, 0) is 4.79 Å². The number of rotatable bonds is 5. The number of nitrogens with zero attached hydrogens (tertiary/aromatic N) is 2. The highest BCUT2D eigenvalue weighted by atomic mass is 35.5. The van der Waals surface area contributed by atoms with Crippen molar-refractivity contribution in [2.45, 2.75) is 0 Å². The van der Waals surface area contributed by atoms with Gasteiger partial charge in [0.25, 0.3) is 5.91 Å². The number of hydrogen-bond donors (Lipinski definition) is 1. The number of ether oxygens (including phenoxy) is 1. The van der Waals surface area contributed by atoms with Gasteiger partial charge >= 0.3 is 0 Å². The molecule has 0 radical (unpaired) electrons. The zero-order valence-electron chi connectivity index (χ0n) is 14.5. The normalized spacial score (nSPS) is 14.3. The average Bonchev–Trinajstić information content (AvgIpc) is 2.69. The molecule has 0 saturated carbocycles. The van der Waals surface area contributed by atoms with Crippen molar-refractivity contribution in [1.29, 1.82) is 0 Å². The van der Waals surface area contributed by atoms with E-state index in [1.165, 1.54) is 0 Å². The molecular formula is C19H21Cl2N3O2. The molecule has 1 aliphatic rings. The van der Waals surface area contributed by atoms with E-state index in [9.17, 15) is 4.79 Å². The van der Waals surface area contributed by atoms with Gasteiger partial charge < -0.3 is 19.9 Å². The fourth-order valence-corrected chi connectivity index (χ4v) is 3.14. The van der Waals surface area contributed by atoms with Crippen LogP contribution in [0.2, 0.25) is 10.0 Å². The molecule has 26 heavy (non-hydrogen) atoms. The van der Waals surface area contributed by atoms with E-state index in [0.29, 0.717) is 28.9 Å². The first kappa shape index (κ1) is 18.7. The molecule has 3 rings (SSSR count). The SMILES string of the molecule is CNc1ccc(OCC(=O)N2CCN(c3ccc(Cl)c(Cl)c3)CC2)cc1. The summed E-state index contributed by atoms with van der Waals surface area (Å²) in [4.78, 5) is 16.4. The van der Waals surface area contributed by atoms with Crippen molar-refractivity contribution in [1.82, 2.24) is 4.90 Å². The van der Waals surface area contributed by atoms with Crippen LogP contribution in [0, 0.1) is 0 Å². The first-order valence-corrected chi connectivity index (χ1v) is 9.21. The minimum absolute atomic E-state index is 0.00326.